The Morgan fingerprint density at radius 3 is 2.11 bits per heavy atom. The molecule has 106 valence electrons. The highest BCUT2D eigenvalue weighted by molar-refractivity contribution is 5.16. The second-order valence-corrected chi connectivity index (χ2v) is 4.47. The van der Waals surface area contributed by atoms with Crippen LogP contribution < -0.4 is 0 Å². The minimum absolute atomic E-state index is 0.393. The lowest BCUT2D eigenvalue weighted by molar-refractivity contribution is 0.301. The highest BCUT2D eigenvalue weighted by atomic mass is 19.1. The van der Waals surface area contributed by atoms with Crippen molar-refractivity contribution in [1.29, 1.82) is 0 Å². The van der Waals surface area contributed by atoms with Gasteiger partial charge in [0.2, 0.25) is 0 Å². The van der Waals surface area contributed by atoms with E-state index in [1.807, 2.05) is 13.8 Å². The molecule has 4 nitrogen and oxygen atoms in total. The lowest BCUT2D eigenvalue weighted by Gasteiger charge is -2.24. The molecule has 1 fully saturated rings. The quantitative estimate of drug-likeness (QED) is 0.722. The van der Waals surface area contributed by atoms with Gasteiger partial charge in [-0.2, -0.15) is 0 Å². The summed E-state index contributed by atoms with van der Waals surface area (Å²) in [6.45, 7) is 6.93. The highest BCUT2D eigenvalue weighted by Crippen LogP contribution is 2.29. The summed E-state index contributed by atoms with van der Waals surface area (Å²) >= 11 is 0. The summed E-state index contributed by atoms with van der Waals surface area (Å²) in [5.41, 5.74) is 1.50. The van der Waals surface area contributed by atoms with Gasteiger partial charge in [-0.15, -0.1) is 0 Å². The number of likely N-dealkylation sites (tertiary alicyclic amines) is 1. The molecule has 0 amide bonds. The summed E-state index contributed by atoms with van der Waals surface area (Å²) in [6, 6.07) is 0.782. The van der Waals surface area contributed by atoms with Gasteiger partial charge in [0.1, 0.15) is 5.82 Å². The van der Waals surface area contributed by atoms with E-state index in [1.165, 1.54) is 18.7 Å². The maximum atomic E-state index is 12.0. The van der Waals surface area contributed by atoms with Crippen LogP contribution in [0.25, 0.3) is 0 Å². The van der Waals surface area contributed by atoms with E-state index in [2.05, 4.69) is 40.1 Å². The maximum Gasteiger partial charge on any atom is 0.159 e. The second-order valence-electron chi connectivity index (χ2n) is 4.47. The van der Waals surface area contributed by atoms with Crippen molar-refractivity contribution in [3.05, 3.63) is 35.9 Å². The van der Waals surface area contributed by atoms with Crippen LogP contribution >= 0.6 is 0 Å². The molecule has 2 bridgehead atoms. The van der Waals surface area contributed by atoms with Gasteiger partial charge in [-0.25, -0.2) is 14.4 Å². The number of likely N-dealkylation sites (N-methyl/N-ethyl adjacent to an activating group) is 2. The fraction of sp³-hybridized carbons (Fsp3) is 0.571. The number of rotatable bonds is 0. The Labute approximate surface area is 115 Å². The monoisotopic (exact) mass is 266 g/mol. The first-order valence-electron chi connectivity index (χ1n) is 6.64. The van der Waals surface area contributed by atoms with Crippen molar-refractivity contribution in [2.24, 2.45) is 0 Å². The molecule has 3 rings (SSSR count). The predicted molar refractivity (Wildman–Crippen MR) is 75.0 cm³/mol. The average Bonchev–Trinajstić information content (AvgIpc) is 2.94. The third kappa shape index (κ3) is 4.19. The molecule has 1 saturated heterocycles. The molecule has 0 N–H and O–H groups in total. The van der Waals surface area contributed by atoms with Crippen LogP contribution in [0.3, 0.4) is 0 Å². The summed E-state index contributed by atoms with van der Waals surface area (Å²) in [6.07, 6.45) is 5.80. The first-order chi connectivity index (χ1) is 9.06. The minimum Gasteiger partial charge on any atom is -0.375 e. The van der Waals surface area contributed by atoms with E-state index in [0.29, 0.717) is 5.82 Å². The normalized spacial score (nSPS) is 19.3. The van der Waals surface area contributed by atoms with Crippen molar-refractivity contribution in [1.82, 2.24) is 19.8 Å². The number of aryl methyl sites for hydroxylation is 1. The van der Waals surface area contributed by atoms with Crippen LogP contribution in [-0.2, 0) is 0 Å². The number of nitrogens with zero attached hydrogens (tertiary/aromatic N) is 4. The Bertz CT molecular complexity index is 395. The molecule has 3 heterocycles. The first kappa shape index (κ1) is 15.4. The van der Waals surface area contributed by atoms with Crippen molar-refractivity contribution >= 4 is 0 Å². The molecule has 0 saturated carbocycles. The van der Waals surface area contributed by atoms with Gasteiger partial charge in [-0.05, 0) is 6.92 Å². The minimum atomic E-state index is -0.393. The molecule has 1 atom stereocenters. The molecule has 2 aliphatic rings. The molecule has 1 aromatic heterocycles. The van der Waals surface area contributed by atoms with Crippen LogP contribution in [0.15, 0.2) is 24.3 Å². The highest BCUT2D eigenvalue weighted by Gasteiger charge is 2.31. The number of aromatic nitrogens is 2. The molecule has 1 aromatic rings. The van der Waals surface area contributed by atoms with Crippen LogP contribution in [-0.4, -0.2) is 46.4 Å². The fourth-order valence-electron chi connectivity index (χ4n) is 2.04. The van der Waals surface area contributed by atoms with E-state index in [-0.39, 0.29) is 0 Å². The van der Waals surface area contributed by atoms with Gasteiger partial charge in [-0.1, -0.05) is 13.8 Å². The molecule has 0 radical (unpaired) electrons. The van der Waals surface area contributed by atoms with Gasteiger partial charge < -0.3 is 9.80 Å². The number of fused-ring (bicyclic) bond motifs is 2. The molecule has 0 spiro atoms. The maximum absolute atomic E-state index is 12.0. The van der Waals surface area contributed by atoms with Crippen molar-refractivity contribution < 1.29 is 4.39 Å². The van der Waals surface area contributed by atoms with Crippen LogP contribution in [0.4, 0.5) is 4.39 Å². The van der Waals surface area contributed by atoms with Gasteiger partial charge in [0, 0.05) is 39.0 Å². The zero-order valence-electron chi connectivity index (χ0n) is 12.4. The molecule has 0 aromatic carbocycles. The molecule has 1 unspecified atom stereocenters. The van der Waals surface area contributed by atoms with E-state index in [0.717, 1.165) is 18.4 Å². The lowest BCUT2D eigenvalue weighted by Crippen LogP contribution is -2.31. The third-order valence-electron chi connectivity index (χ3n) is 3.10. The van der Waals surface area contributed by atoms with E-state index in [4.69, 9.17) is 0 Å². The SMILES string of the molecule is CC.CN1CC2CC1=CN2C.Cc1ncc(F)cn1. The first-order valence-corrected chi connectivity index (χ1v) is 6.64. The largest absolute Gasteiger partial charge is 0.375 e. The van der Waals surface area contributed by atoms with Crippen LogP contribution in [0.5, 0.6) is 0 Å². The zero-order valence-corrected chi connectivity index (χ0v) is 12.4. The Hall–Kier alpha value is -1.65. The third-order valence-corrected chi connectivity index (χ3v) is 3.10. The van der Waals surface area contributed by atoms with E-state index in [1.54, 1.807) is 6.92 Å². The van der Waals surface area contributed by atoms with Crippen molar-refractivity contribution in [3.8, 4) is 0 Å². The molecular weight excluding hydrogens is 243 g/mol. The number of hydrogen-bond donors (Lipinski definition) is 0. The van der Waals surface area contributed by atoms with E-state index >= 15 is 0 Å². The summed E-state index contributed by atoms with van der Waals surface area (Å²) in [5, 5.41) is 0. The van der Waals surface area contributed by atoms with E-state index in [9.17, 15) is 4.39 Å². The molecule has 19 heavy (non-hydrogen) atoms. The second kappa shape index (κ2) is 7.07. The molecule has 5 heteroatoms. The summed E-state index contributed by atoms with van der Waals surface area (Å²) in [4.78, 5) is 11.8. The summed E-state index contributed by atoms with van der Waals surface area (Å²) in [5.74, 6) is 0.196. The van der Waals surface area contributed by atoms with Gasteiger partial charge in [0.25, 0.3) is 0 Å². The fourth-order valence-corrected chi connectivity index (χ4v) is 2.04. The van der Waals surface area contributed by atoms with E-state index < -0.39 is 5.82 Å². The zero-order chi connectivity index (χ0) is 14.4. The predicted octanol–water partition coefficient (Wildman–Crippen LogP) is 2.43. The van der Waals surface area contributed by atoms with Crippen molar-refractivity contribution in [2.75, 3.05) is 20.6 Å². The Kier molecular flexibility index (Phi) is 5.73. The summed E-state index contributed by atoms with van der Waals surface area (Å²) < 4.78 is 12.0. The Balaban J connectivity index is 0.000000170. The van der Waals surface area contributed by atoms with Crippen LogP contribution in [0.1, 0.15) is 26.1 Å². The summed E-state index contributed by atoms with van der Waals surface area (Å²) in [7, 11) is 4.32. The Morgan fingerprint density at radius 1 is 1.21 bits per heavy atom. The van der Waals surface area contributed by atoms with Gasteiger partial charge >= 0.3 is 0 Å². The molecular formula is C14H23FN4. The smallest absolute Gasteiger partial charge is 0.159 e. The van der Waals surface area contributed by atoms with Crippen LogP contribution in [0, 0.1) is 12.7 Å². The van der Waals surface area contributed by atoms with Crippen molar-refractivity contribution in [3.63, 3.8) is 0 Å². The lowest BCUT2D eigenvalue weighted by atomic mass is 10.3. The van der Waals surface area contributed by atoms with Gasteiger partial charge in [0.15, 0.2) is 5.82 Å². The topological polar surface area (TPSA) is 32.3 Å². The molecule has 0 aliphatic carbocycles. The Morgan fingerprint density at radius 2 is 1.79 bits per heavy atom. The van der Waals surface area contributed by atoms with Crippen molar-refractivity contribution in [2.45, 2.75) is 33.2 Å². The number of hydrogen-bond acceptors (Lipinski definition) is 4. The van der Waals surface area contributed by atoms with Gasteiger partial charge in [-0.3, -0.25) is 0 Å². The van der Waals surface area contributed by atoms with Crippen LogP contribution in [0.2, 0.25) is 0 Å². The number of halogens is 1. The van der Waals surface area contributed by atoms with Gasteiger partial charge in [0.05, 0.1) is 18.4 Å². The standard InChI is InChI=1S/C7H12N2.C5H5FN2.C2H6/c1-8-4-7-3-6(8)5-9(7)2;1-4-7-2-5(6)3-8-4;1-2/h4,6H,3,5H2,1-2H3;2-3H,1H3;1-2H3. The molecule has 2 aliphatic heterocycles. The average molecular weight is 266 g/mol.